The van der Waals surface area contributed by atoms with E-state index in [-0.39, 0.29) is 29.8 Å². The molecular weight excluding hydrogens is 630 g/mol. The van der Waals surface area contributed by atoms with Gasteiger partial charge < -0.3 is 25.4 Å². The summed E-state index contributed by atoms with van der Waals surface area (Å²) < 4.78 is 10.7. The van der Waals surface area contributed by atoms with E-state index in [1.807, 2.05) is 18.2 Å². The molecule has 3 N–H and O–H groups in total. The van der Waals surface area contributed by atoms with E-state index in [1.165, 1.54) is 31.0 Å². The van der Waals surface area contributed by atoms with Crippen molar-refractivity contribution in [2.24, 2.45) is 5.10 Å². The number of para-hydroxylation sites is 1. The number of hydrogen-bond donors (Lipinski definition) is 3. The van der Waals surface area contributed by atoms with Crippen molar-refractivity contribution in [1.29, 1.82) is 0 Å². The fraction of sp³-hybridized carbons (Fsp3) is 0.139. The minimum absolute atomic E-state index is 0.000657. The second-order valence-electron chi connectivity index (χ2n) is 10.5. The molecule has 1 unspecified atom stereocenters. The maximum atomic E-state index is 13.5. The second-order valence-corrected chi connectivity index (χ2v) is 11.9. The maximum absolute atomic E-state index is 13.5. The molecule has 0 saturated heterocycles. The topological polar surface area (TPSA) is 138 Å². The quantitative estimate of drug-likeness (QED) is 0.143. The number of nitrogens with zero attached hydrogens (tertiary/aromatic N) is 2. The number of amidine groups is 1. The number of ether oxygens (including phenoxy) is 2. The predicted octanol–water partition coefficient (Wildman–Crippen LogP) is 5.46. The van der Waals surface area contributed by atoms with Gasteiger partial charge in [0.1, 0.15) is 11.5 Å². The number of methoxy groups -OCH3 is 2. The lowest BCUT2D eigenvalue weighted by atomic mass is 10.1. The molecule has 1 atom stereocenters. The third kappa shape index (κ3) is 8.47. The second kappa shape index (κ2) is 15.6. The summed E-state index contributed by atoms with van der Waals surface area (Å²) in [6.45, 7) is 1.75. The molecule has 0 aromatic heterocycles. The molecule has 1 aliphatic rings. The average molecular weight is 664 g/mol. The molecular formula is C36H33N5O6S. The first kappa shape index (κ1) is 33.5. The Hall–Kier alpha value is -5.88. The van der Waals surface area contributed by atoms with Crippen molar-refractivity contribution in [1.82, 2.24) is 10.6 Å². The van der Waals surface area contributed by atoms with Crippen LogP contribution in [-0.2, 0) is 14.4 Å². The Morgan fingerprint density at radius 2 is 1.52 bits per heavy atom. The lowest BCUT2D eigenvalue weighted by Crippen LogP contribution is -2.35. The Labute approximate surface area is 282 Å². The molecule has 0 aliphatic carbocycles. The molecule has 1 aliphatic heterocycles. The minimum Gasteiger partial charge on any atom is -0.493 e. The summed E-state index contributed by atoms with van der Waals surface area (Å²) in [6.07, 6.45) is 1.55. The van der Waals surface area contributed by atoms with Gasteiger partial charge in [-0.15, -0.1) is 11.8 Å². The van der Waals surface area contributed by atoms with Crippen molar-refractivity contribution in [3.05, 3.63) is 120 Å². The number of thioether (sulfide) groups is 1. The molecule has 0 radical (unpaired) electrons. The summed E-state index contributed by atoms with van der Waals surface area (Å²) in [7, 11) is 3.04. The highest BCUT2D eigenvalue weighted by Gasteiger charge is 2.27. The molecule has 1 heterocycles. The highest BCUT2D eigenvalue weighted by molar-refractivity contribution is 8.00. The van der Waals surface area contributed by atoms with Crippen LogP contribution < -0.4 is 30.4 Å². The zero-order chi connectivity index (χ0) is 34.0. The number of carbonyl (C=O) groups is 4. The third-order valence-electron chi connectivity index (χ3n) is 7.09. The number of hydrogen-bond acceptors (Lipinski definition) is 8. The van der Waals surface area contributed by atoms with Crippen LogP contribution in [0.15, 0.2) is 119 Å². The Kier molecular flexibility index (Phi) is 10.9. The number of benzene rings is 4. The van der Waals surface area contributed by atoms with Gasteiger partial charge in [-0.3, -0.25) is 19.2 Å². The molecule has 5 rings (SSSR count). The number of rotatable bonds is 11. The van der Waals surface area contributed by atoms with Crippen LogP contribution in [0.2, 0.25) is 0 Å². The van der Waals surface area contributed by atoms with Crippen LogP contribution in [0.3, 0.4) is 0 Å². The average Bonchev–Trinajstić information content (AvgIpc) is 3.48. The molecule has 0 spiro atoms. The van der Waals surface area contributed by atoms with Gasteiger partial charge in [0.25, 0.3) is 17.7 Å². The van der Waals surface area contributed by atoms with Crippen molar-refractivity contribution in [2.75, 3.05) is 24.5 Å². The molecule has 4 amide bonds. The van der Waals surface area contributed by atoms with Crippen LogP contribution in [0.25, 0.3) is 6.08 Å². The number of carbonyl (C=O) groups excluding carboxylic acids is 4. The van der Waals surface area contributed by atoms with Crippen LogP contribution in [-0.4, -0.2) is 48.9 Å². The largest absolute Gasteiger partial charge is 0.493 e. The van der Waals surface area contributed by atoms with Gasteiger partial charge in [0.05, 0.1) is 31.6 Å². The van der Waals surface area contributed by atoms with Crippen molar-refractivity contribution < 1.29 is 28.7 Å². The van der Waals surface area contributed by atoms with E-state index in [0.717, 1.165) is 4.90 Å². The van der Waals surface area contributed by atoms with Gasteiger partial charge in [-0.25, -0.2) is 0 Å². The first-order chi connectivity index (χ1) is 23.2. The predicted molar refractivity (Wildman–Crippen MR) is 186 cm³/mol. The minimum atomic E-state index is -0.543. The monoisotopic (exact) mass is 663 g/mol. The summed E-state index contributed by atoms with van der Waals surface area (Å²) in [5.41, 5.74) is 2.12. The molecule has 48 heavy (non-hydrogen) atoms. The van der Waals surface area contributed by atoms with Gasteiger partial charge in [0.15, 0.2) is 11.5 Å². The Morgan fingerprint density at radius 3 is 2.19 bits per heavy atom. The van der Waals surface area contributed by atoms with E-state index in [0.29, 0.717) is 34.0 Å². The zero-order valence-corrected chi connectivity index (χ0v) is 27.2. The van der Waals surface area contributed by atoms with Crippen LogP contribution in [0, 0.1) is 0 Å². The fourth-order valence-corrected chi connectivity index (χ4v) is 5.51. The fourth-order valence-electron chi connectivity index (χ4n) is 4.64. The summed E-state index contributed by atoms with van der Waals surface area (Å²) in [5.74, 6) is -0.230. The molecule has 0 saturated carbocycles. The van der Waals surface area contributed by atoms with E-state index in [2.05, 4.69) is 21.1 Å². The molecule has 11 nitrogen and oxygen atoms in total. The van der Waals surface area contributed by atoms with Crippen molar-refractivity contribution in [3.63, 3.8) is 0 Å². The number of amides is 4. The highest BCUT2D eigenvalue weighted by Crippen LogP contribution is 2.29. The zero-order valence-electron chi connectivity index (χ0n) is 26.4. The molecule has 4 aromatic rings. The molecule has 0 fully saturated rings. The van der Waals surface area contributed by atoms with Crippen LogP contribution in [0.4, 0.5) is 11.4 Å². The van der Waals surface area contributed by atoms with Gasteiger partial charge >= 0.3 is 0 Å². The molecule has 0 bridgehead atoms. The normalized spacial score (nSPS) is 13.3. The Morgan fingerprint density at radius 1 is 0.854 bits per heavy atom. The van der Waals surface area contributed by atoms with E-state index in [9.17, 15) is 19.2 Å². The number of nitrogens with one attached hydrogen (secondary N) is 3. The van der Waals surface area contributed by atoms with E-state index in [4.69, 9.17) is 9.47 Å². The smallest absolute Gasteiger partial charge is 0.272 e. The summed E-state index contributed by atoms with van der Waals surface area (Å²) >= 11 is 1.31. The Balaban J connectivity index is 1.24. The van der Waals surface area contributed by atoms with Crippen LogP contribution >= 0.6 is 11.8 Å². The van der Waals surface area contributed by atoms with Crippen LogP contribution in [0.1, 0.15) is 29.3 Å². The third-order valence-corrected chi connectivity index (χ3v) is 8.20. The van der Waals surface area contributed by atoms with E-state index < -0.39 is 17.1 Å². The Bertz CT molecular complexity index is 1860. The first-order valence-electron chi connectivity index (χ1n) is 14.9. The van der Waals surface area contributed by atoms with Gasteiger partial charge in [0.2, 0.25) is 5.91 Å². The van der Waals surface area contributed by atoms with Gasteiger partial charge in [-0.05, 0) is 79.2 Å². The maximum Gasteiger partial charge on any atom is 0.272 e. The summed E-state index contributed by atoms with van der Waals surface area (Å²) in [4.78, 5) is 52.6. The van der Waals surface area contributed by atoms with Gasteiger partial charge in [-0.2, -0.15) is 10.1 Å². The molecule has 4 aromatic carbocycles. The van der Waals surface area contributed by atoms with Crippen LogP contribution in [0.5, 0.6) is 11.5 Å². The van der Waals surface area contributed by atoms with Gasteiger partial charge in [0, 0.05) is 16.1 Å². The summed E-state index contributed by atoms with van der Waals surface area (Å²) in [5, 5.41) is 13.4. The van der Waals surface area contributed by atoms with Crippen molar-refractivity contribution in [3.8, 4) is 11.5 Å². The summed E-state index contributed by atoms with van der Waals surface area (Å²) in [6, 6.07) is 29.7. The van der Waals surface area contributed by atoms with Crippen molar-refractivity contribution >= 4 is 58.7 Å². The standard InChI is InChI=1S/C36H33N5O6S/c1-23(34(43)39-32-22-33(42)41(40-32)27-12-8-5-9-13-27)48-28-17-15-26(16-18-28)37-36(45)29(38-35(44)25-10-6-4-7-11-25)20-24-14-19-30(46-2)31(21-24)47-3/h4-21,23H,22H2,1-3H3,(H,37,45)(H,38,44)(H,39,40,43)/b29-20-. The highest BCUT2D eigenvalue weighted by atomic mass is 32.2. The lowest BCUT2D eigenvalue weighted by Gasteiger charge is -2.14. The van der Waals surface area contributed by atoms with Crippen molar-refractivity contribution in [2.45, 2.75) is 23.5 Å². The first-order valence-corrected chi connectivity index (χ1v) is 15.8. The SMILES string of the molecule is COc1ccc(/C=C(\NC(=O)c2ccccc2)C(=O)Nc2ccc(SC(C)C(=O)NC3=NN(c4ccccc4)C(=O)C3)cc2)cc1OC. The lowest BCUT2D eigenvalue weighted by molar-refractivity contribution is -0.119. The van der Waals surface area contributed by atoms with Gasteiger partial charge in [-0.1, -0.05) is 42.5 Å². The molecule has 12 heteroatoms. The van der Waals surface area contributed by atoms with E-state index in [1.54, 1.807) is 97.9 Å². The number of hydrazone groups is 1. The number of anilines is 2. The van der Waals surface area contributed by atoms with E-state index >= 15 is 0 Å². The molecule has 244 valence electrons.